The monoisotopic (exact) mass is 411 g/mol. The first kappa shape index (κ1) is 21.9. The van der Waals surface area contributed by atoms with Gasteiger partial charge in [-0.15, -0.1) is 0 Å². The van der Waals surface area contributed by atoms with Gasteiger partial charge in [0.05, 0.1) is 19.6 Å². The number of carbonyl (C=O) groups excluding carboxylic acids is 1. The van der Waals surface area contributed by atoms with E-state index in [-0.39, 0.29) is 19.0 Å². The summed E-state index contributed by atoms with van der Waals surface area (Å²) in [6, 6.07) is 16.4. The Labute approximate surface area is 177 Å². The lowest BCUT2D eigenvalue weighted by Crippen LogP contribution is -3.14. The predicted molar refractivity (Wildman–Crippen MR) is 117 cm³/mol. The topological polar surface area (TPSA) is 76.0 Å². The van der Waals surface area contributed by atoms with Gasteiger partial charge in [-0.3, -0.25) is 4.79 Å². The second kappa shape index (κ2) is 10.3. The molecule has 160 valence electrons. The fourth-order valence-corrected chi connectivity index (χ4v) is 3.62. The minimum absolute atomic E-state index is 0.168. The number of aromatic nitrogens is 1. The van der Waals surface area contributed by atoms with Crippen LogP contribution in [0, 0.1) is 0 Å². The number of carbonyl (C=O) groups is 1. The van der Waals surface area contributed by atoms with E-state index in [9.17, 15) is 9.90 Å². The molecule has 3 aromatic rings. The number of hydrogen-bond donors (Lipinski definition) is 3. The quantitative estimate of drug-likeness (QED) is 0.447. The van der Waals surface area contributed by atoms with E-state index in [0.29, 0.717) is 18.3 Å². The summed E-state index contributed by atoms with van der Waals surface area (Å²) in [5, 5.41) is 11.5. The highest BCUT2D eigenvalue weighted by atomic mass is 16.5. The molecule has 1 unspecified atom stereocenters. The van der Waals surface area contributed by atoms with E-state index >= 15 is 0 Å². The second-order valence-corrected chi connectivity index (χ2v) is 7.89. The van der Waals surface area contributed by atoms with Gasteiger partial charge in [0.15, 0.2) is 0 Å². The van der Waals surface area contributed by atoms with Crippen molar-refractivity contribution in [1.29, 1.82) is 0 Å². The molecule has 0 saturated carbocycles. The average molecular weight is 412 g/mol. The van der Waals surface area contributed by atoms with E-state index in [4.69, 9.17) is 9.47 Å². The second-order valence-electron chi connectivity index (χ2n) is 7.89. The molecule has 2 atom stereocenters. The number of methoxy groups -OCH3 is 1. The molecule has 0 bridgehead atoms. The number of aliphatic hydroxyl groups is 1. The zero-order valence-corrected chi connectivity index (χ0v) is 17.9. The molecule has 3 rings (SSSR count). The molecular weight excluding hydrogens is 380 g/mol. The molecule has 0 aliphatic rings. The third-order valence-corrected chi connectivity index (χ3v) is 5.33. The molecule has 1 heterocycles. The van der Waals surface area contributed by atoms with Crippen LogP contribution in [0.15, 0.2) is 54.7 Å². The van der Waals surface area contributed by atoms with Crippen molar-refractivity contribution >= 4 is 16.9 Å². The van der Waals surface area contributed by atoms with Crippen LogP contribution in [0.3, 0.4) is 0 Å². The number of quaternary nitrogens is 1. The molecule has 3 N–H and O–H groups in total. The van der Waals surface area contributed by atoms with Crippen LogP contribution in [0.25, 0.3) is 10.9 Å². The molecule has 0 amide bonds. The lowest BCUT2D eigenvalue weighted by molar-refractivity contribution is -0.937. The summed E-state index contributed by atoms with van der Waals surface area (Å²) in [5.41, 5.74) is 2.96. The summed E-state index contributed by atoms with van der Waals surface area (Å²) < 4.78 is 10.8. The molecular formula is C24H31N2O4+. The normalized spacial score (nSPS) is 13.4. The number of hydrogen-bond acceptors (Lipinski definition) is 4. The number of esters is 1. The van der Waals surface area contributed by atoms with Crippen molar-refractivity contribution in [2.75, 3.05) is 20.3 Å². The van der Waals surface area contributed by atoms with Gasteiger partial charge in [-0.25, -0.2) is 0 Å². The van der Waals surface area contributed by atoms with E-state index in [2.05, 4.69) is 31.0 Å². The summed E-state index contributed by atoms with van der Waals surface area (Å²) >= 11 is 0. The molecule has 0 radical (unpaired) electrons. The van der Waals surface area contributed by atoms with Crippen molar-refractivity contribution in [1.82, 2.24) is 4.98 Å². The third-order valence-electron chi connectivity index (χ3n) is 5.33. The van der Waals surface area contributed by atoms with Crippen LogP contribution in [0.2, 0.25) is 0 Å². The maximum atomic E-state index is 11.7. The van der Waals surface area contributed by atoms with E-state index in [1.54, 1.807) is 6.20 Å². The highest BCUT2D eigenvalue weighted by molar-refractivity contribution is 5.92. The number of aromatic amines is 1. The van der Waals surface area contributed by atoms with E-state index in [1.807, 2.05) is 36.4 Å². The van der Waals surface area contributed by atoms with Crippen molar-refractivity contribution in [2.24, 2.45) is 0 Å². The van der Waals surface area contributed by atoms with Gasteiger partial charge >= 0.3 is 5.97 Å². The van der Waals surface area contributed by atoms with E-state index < -0.39 is 6.10 Å². The SMILES string of the molecule is COC(=O)Cc1c[nH]c2cccc(OC[C@H](O)C[NH+](Cc3ccccc3)C(C)C)c12. The molecule has 6 heteroatoms. The molecule has 0 fully saturated rings. The lowest BCUT2D eigenvalue weighted by Gasteiger charge is -2.26. The van der Waals surface area contributed by atoms with Crippen molar-refractivity contribution in [2.45, 2.75) is 39.0 Å². The first-order valence-corrected chi connectivity index (χ1v) is 10.3. The first-order valence-electron chi connectivity index (χ1n) is 10.3. The number of rotatable bonds is 10. The van der Waals surface area contributed by atoms with Gasteiger partial charge in [0.2, 0.25) is 0 Å². The fraction of sp³-hybridized carbons (Fsp3) is 0.375. The smallest absolute Gasteiger partial charge is 0.310 e. The summed E-state index contributed by atoms with van der Waals surface area (Å²) in [6.07, 6.45) is 1.36. The van der Waals surface area contributed by atoms with Crippen molar-refractivity contribution in [3.63, 3.8) is 0 Å². The Hall–Kier alpha value is -2.83. The van der Waals surface area contributed by atoms with Crippen LogP contribution in [0.5, 0.6) is 5.75 Å². The Balaban J connectivity index is 1.66. The van der Waals surface area contributed by atoms with Crippen molar-refractivity contribution < 1.29 is 24.3 Å². The average Bonchev–Trinajstić information content (AvgIpc) is 3.15. The summed E-state index contributed by atoms with van der Waals surface area (Å²) in [6.45, 7) is 5.95. The first-order chi connectivity index (χ1) is 14.5. The molecule has 6 nitrogen and oxygen atoms in total. The Kier molecular flexibility index (Phi) is 7.49. The van der Waals surface area contributed by atoms with Crippen LogP contribution in [0.1, 0.15) is 25.0 Å². The van der Waals surface area contributed by atoms with Gasteiger partial charge in [0.25, 0.3) is 0 Å². The largest absolute Gasteiger partial charge is 0.490 e. The zero-order valence-electron chi connectivity index (χ0n) is 17.9. The van der Waals surface area contributed by atoms with Gasteiger partial charge in [0, 0.05) is 22.7 Å². The van der Waals surface area contributed by atoms with Crippen LogP contribution in [-0.4, -0.2) is 48.5 Å². The summed E-state index contributed by atoms with van der Waals surface area (Å²) in [5.74, 6) is 0.351. The number of aliphatic hydroxyl groups excluding tert-OH is 1. The van der Waals surface area contributed by atoms with Crippen LogP contribution in [0.4, 0.5) is 0 Å². The highest BCUT2D eigenvalue weighted by Crippen LogP contribution is 2.29. The Bertz CT molecular complexity index is 952. The Morgan fingerprint density at radius 1 is 1.13 bits per heavy atom. The zero-order chi connectivity index (χ0) is 21.5. The maximum Gasteiger partial charge on any atom is 0.310 e. The van der Waals surface area contributed by atoms with E-state index in [0.717, 1.165) is 23.0 Å². The van der Waals surface area contributed by atoms with Gasteiger partial charge in [-0.1, -0.05) is 36.4 Å². The molecule has 1 aromatic heterocycles. The molecule has 2 aromatic carbocycles. The summed E-state index contributed by atoms with van der Waals surface area (Å²) in [7, 11) is 1.38. The minimum atomic E-state index is -0.607. The minimum Gasteiger partial charge on any atom is -0.490 e. The maximum absolute atomic E-state index is 11.7. The standard InChI is InChI=1S/C24H30N2O4/c1-17(2)26(14-18-8-5-4-6-9-18)15-20(27)16-30-22-11-7-10-21-24(22)19(13-25-21)12-23(28)29-3/h4-11,13,17,20,25,27H,12,14-16H2,1-3H3/p+1/t20-/m1/s1. The lowest BCUT2D eigenvalue weighted by atomic mass is 10.1. The van der Waals surface area contributed by atoms with Gasteiger partial charge in [-0.05, 0) is 31.5 Å². The number of benzene rings is 2. The van der Waals surface area contributed by atoms with Crippen molar-refractivity contribution in [3.05, 3.63) is 65.9 Å². The van der Waals surface area contributed by atoms with Crippen LogP contribution in [-0.2, 0) is 22.5 Å². The van der Waals surface area contributed by atoms with E-state index in [1.165, 1.54) is 17.6 Å². The number of H-pyrrole nitrogens is 1. The van der Waals surface area contributed by atoms with Crippen LogP contribution >= 0.6 is 0 Å². The van der Waals surface area contributed by atoms with Gasteiger partial charge in [-0.2, -0.15) is 0 Å². The van der Waals surface area contributed by atoms with Gasteiger partial charge < -0.3 is 24.5 Å². The molecule has 30 heavy (non-hydrogen) atoms. The number of ether oxygens (including phenoxy) is 2. The van der Waals surface area contributed by atoms with Gasteiger partial charge in [0.1, 0.15) is 31.5 Å². The highest BCUT2D eigenvalue weighted by Gasteiger charge is 2.20. The molecule has 0 aliphatic carbocycles. The molecule has 0 saturated heterocycles. The predicted octanol–water partition coefficient (Wildman–Crippen LogP) is 2.12. The van der Waals surface area contributed by atoms with Crippen LogP contribution < -0.4 is 9.64 Å². The molecule has 0 aliphatic heterocycles. The summed E-state index contributed by atoms with van der Waals surface area (Å²) in [4.78, 5) is 16.2. The molecule has 0 spiro atoms. The number of nitrogens with one attached hydrogen (secondary N) is 2. The Morgan fingerprint density at radius 2 is 1.90 bits per heavy atom. The Morgan fingerprint density at radius 3 is 2.60 bits per heavy atom. The third kappa shape index (κ3) is 5.62. The van der Waals surface area contributed by atoms with Crippen molar-refractivity contribution in [3.8, 4) is 5.75 Å². The fourth-order valence-electron chi connectivity index (χ4n) is 3.62. The number of fused-ring (bicyclic) bond motifs is 1.